The molecule has 158 valence electrons. The molecule has 2 aromatic carbocycles. The minimum atomic E-state index is -4.73. The van der Waals surface area contributed by atoms with E-state index in [4.69, 9.17) is 11.6 Å². The predicted molar refractivity (Wildman–Crippen MR) is 97.1 cm³/mol. The molecule has 1 amide bonds. The molecule has 0 spiro atoms. The minimum absolute atomic E-state index is 0.0769. The Balaban J connectivity index is 1.85. The smallest absolute Gasteiger partial charge is 0.418 e. The highest BCUT2D eigenvalue weighted by Crippen LogP contribution is 2.36. The van der Waals surface area contributed by atoms with Crippen molar-refractivity contribution in [2.75, 3.05) is 5.32 Å². The Bertz CT molecular complexity index is 1070. The Morgan fingerprint density at radius 1 is 1.17 bits per heavy atom. The van der Waals surface area contributed by atoms with Crippen molar-refractivity contribution in [2.45, 2.75) is 19.7 Å². The van der Waals surface area contributed by atoms with E-state index in [2.05, 4.69) is 20.4 Å². The quantitative estimate of drug-likeness (QED) is 0.553. The van der Waals surface area contributed by atoms with Gasteiger partial charge >= 0.3 is 12.8 Å². The number of hydrogen-bond donors (Lipinski definition) is 1. The van der Waals surface area contributed by atoms with Crippen molar-refractivity contribution in [3.8, 4) is 11.4 Å². The van der Waals surface area contributed by atoms with E-state index in [9.17, 15) is 26.7 Å². The maximum Gasteiger partial charge on any atom is 0.418 e. The number of alkyl halides is 5. The second kappa shape index (κ2) is 8.27. The van der Waals surface area contributed by atoms with Crippen LogP contribution in [-0.2, 0) is 6.18 Å². The normalized spacial score (nSPS) is 11.6. The van der Waals surface area contributed by atoms with Gasteiger partial charge in [0, 0.05) is 5.02 Å². The van der Waals surface area contributed by atoms with Gasteiger partial charge in [-0.1, -0.05) is 16.8 Å². The molecule has 1 heterocycles. The number of nitrogens with zero attached hydrogens (tertiary/aromatic N) is 3. The standard InChI is InChI=1S/C18H12ClF5N4O2/c1-9-15(16(29)25-14-7-2-10(19)8-13(14)18(22,23)24)26-27-28(9)11-3-5-12(6-4-11)30-17(20)21/h2-8,17H,1H3,(H,25,29). The maximum absolute atomic E-state index is 13.2. The van der Waals surface area contributed by atoms with Crippen molar-refractivity contribution in [3.05, 3.63) is 64.4 Å². The van der Waals surface area contributed by atoms with Gasteiger partial charge in [-0.05, 0) is 49.4 Å². The SMILES string of the molecule is Cc1c(C(=O)Nc2ccc(Cl)cc2C(F)(F)F)nnn1-c1ccc(OC(F)F)cc1. The van der Waals surface area contributed by atoms with E-state index < -0.39 is 29.9 Å². The number of aromatic nitrogens is 3. The highest BCUT2D eigenvalue weighted by atomic mass is 35.5. The van der Waals surface area contributed by atoms with Gasteiger partial charge in [0.25, 0.3) is 5.91 Å². The Morgan fingerprint density at radius 2 is 1.83 bits per heavy atom. The van der Waals surface area contributed by atoms with E-state index in [1.165, 1.54) is 41.9 Å². The topological polar surface area (TPSA) is 69.0 Å². The van der Waals surface area contributed by atoms with Crippen LogP contribution in [0.4, 0.5) is 27.6 Å². The Hall–Kier alpha value is -3.21. The lowest BCUT2D eigenvalue weighted by Gasteiger charge is -2.13. The number of nitrogens with one attached hydrogen (secondary N) is 1. The van der Waals surface area contributed by atoms with E-state index in [1.807, 2.05) is 0 Å². The highest BCUT2D eigenvalue weighted by molar-refractivity contribution is 6.30. The summed E-state index contributed by atoms with van der Waals surface area (Å²) in [4.78, 5) is 12.5. The molecule has 0 bridgehead atoms. The van der Waals surface area contributed by atoms with Crippen LogP contribution in [0.5, 0.6) is 5.75 Å². The lowest BCUT2D eigenvalue weighted by atomic mass is 10.1. The second-order valence-corrected chi connectivity index (χ2v) is 6.39. The van der Waals surface area contributed by atoms with Gasteiger partial charge in [-0.25, -0.2) is 4.68 Å². The molecular formula is C18H12ClF5N4O2. The third-order valence-corrected chi connectivity index (χ3v) is 4.19. The van der Waals surface area contributed by atoms with Gasteiger partial charge in [-0.3, -0.25) is 4.79 Å². The maximum atomic E-state index is 13.2. The molecule has 1 aromatic heterocycles. The van der Waals surface area contributed by atoms with Crippen molar-refractivity contribution in [3.63, 3.8) is 0 Å². The van der Waals surface area contributed by atoms with Crippen LogP contribution >= 0.6 is 11.6 Å². The summed E-state index contributed by atoms with van der Waals surface area (Å²) in [5, 5.41) is 9.53. The van der Waals surface area contributed by atoms with Gasteiger partial charge in [0.05, 0.1) is 22.6 Å². The van der Waals surface area contributed by atoms with Gasteiger partial charge in [0.2, 0.25) is 0 Å². The molecular weight excluding hydrogens is 435 g/mol. The van der Waals surface area contributed by atoms with Crippen LogP contribution in [-0.4, -0.2) is 27.5 Å². The van der Waals surface area contributed by atoms with Crippen LogP contribution in [0.3, 0.4) is 0 Å². The molecule has 0 atom stereocenters. The molecule has 3 rings (SSSR count). The zero-order valence-electron chi connectivity index (χ0n) is 15.0. The van der Waals surface area contributed by atoms with Crippen LogP contribution in [0.2, 0.25) is 5.02 Å². The van der Waals surface area contributed by atoms with E-state index in [-0.39, 0.29) is 22.2 Å². The lowest BCUT2D eigenvalue weighted by molar-refractivity contribution is -0.136. The number of carbonyl (C=O) groups is 1. The van der Waals surface area contributed by atoms with Gasteiger partial charge < -0.3 is 10.1 Å². The average Bonchev–Trinajstić information content (AvgIpc) is 3.04. The molecule has 0 aliphatic heterocycles. The fourth-order valence-corrected chi connectivity index (χ4v) is 2.77. The van der Waals surface area contributed by atoms with Crippen molar-refractivity contribution >= 4 is 23.2 Å². The number of benzene rings is 2. The molecule has 12 heteroatoms. The molecule has 0 fully saturated rings. The fourth-order valence-electron chi connectivity index (χ4n) is 2.59. The molecule has 0 aliphatic rings. The third kappa shape index (κ3) is 4.67. The molecule has 1 N–H and O–H groups in total. The summed E-state index contributed by atoms with van der Waals surface area (Å²) in [6.45, 7) is -1.50. The summed E-state index contributed by atoms with van der Waals surface area (Å²) >= 11 is 5.62. The van der Waals surface area contributed by atoms with Gasteiger partial charge in [0.15, 0.2) is 5.69 Å². The first-order valence-corrected chi connectivity index (χ1v) is 8.59. The molecule has 0 aliphatic carbocycles. The number of hydrogen-bond acceptors (Lipinski definition) is 4. The summed E-state index contributed by atoms with van der Waals surface area (Å²) in [7, 11) is 0. The zero-order valence-corrected chi connectivity index (χ0v) is 15.8. The fraction of sp³-hybridized carbons (Fsp3) is 0.167. The van der Waals surface area contributed by atoms with E-state index >= 15 is 0 Å². The van der Waals surface area contributed by atoms with Crippen LogP contribution in [0, 0.1) is 6.92 Å². The van der Waals surface area contributed by atoms with E-state index in [1.54, 1.807) is 0 Å². The predicted octanol–water partition coefficient (Wildman–Crippen LogP) is 5.10. The van der Waals surface area contributed by atoms with Gasteiger partial charge in [0.1, 0.15) is 5.75 Å². The number of ether oxygens (including phenoxy) is 1. The first-order chi connectivity index (χ1) is 14.1. The van der Waals surface area contributed by atoms with E-state index in [0.29, 0.717) is 11.8 Å². The molecule has 30 heavy (non-hydrogen) atoms. The minimum Gasteiger partial charge on any atom is -0.435 e. The Labute approximate surface area is 171 Å². The average molecular weight is 447 g/mol. The van der Waals surface area contributed by atoms with Crippen LogP contribution in [0.1, 0.15) is 21.7 Å². The summed E-state index contributed by atoms with van der Waals surface area (Å²) in [6, 6.07) is 8.29. The van der Waals surface area contributed by atoms with Crippen LogP contribution in [0.15, 0.2) is 42.5 Å². The number of amides is 1. The number of rotatable bonds is 5. The molecule has 0 radical (unpaired) electrons. The second-order valence-electron chi connectivity index (χ2n) is 5.95. The molecule has 0 saturated heterocycles. The van der Waals surface area contributed by atoms with Gasteiger partial charge in [-0.15, -0.1) is 5.10 Å². The number of anilines is 1. The first-order valence-electron chi connectivity index (χ1n) is 8.22. The van der Waals surface area contributed by atoms with E-state index in [0.717, 1.165) is 6.07 Å². The van der Waals surface area contributed by atoms with Crippen molar-refractivity contribution in [2.24, 2.45) is 0 Å². The molecule has 0 saturated carbocycles. The Morgan fingerprint density at radius 3 is 2.43 bits per heavy atom. The summed E-state index contributed by atoms with van der Waals surface area (Å²) in [6.07, 6.45) is -4.73. The summed E-state index contributed by atoms with van der Waals surface area (Å²) in [5.74, 6) is -0.990. The number of carbonyl (C=O) groups excluding carboxylic acids is 1. The summed E-state index contributed by atoms with van der Waals surface area (Å²) in [5.41, 5.74) is -1.21. The summed E-state index contributed by atoms with van der Waals surface area (Å²) < 4.78 is 69.5. The molecule has 0 unspecified atom stereocenters. The zero-order chi connectivity index (χ0) is 22.1. The molecule has 3 aromatic rings. The Kier molecular flexibility index (Phi) is 5.92. The molecule has 6 nitrogen and oxygen atoms in total. The van der Waals surface area contributed by atoms with Crippen molar-refractivity contribution in [1.29, 1.82) is 0 Å². The van der Waals surface area contributed by atoms with Gasteiger partial charge in [-0.2, -0.15) is 22.0 Å². The van der Waals surface area contributed by atoms with Crippen molar-refractivity contribution < 1.29 is 31.5 Å². The van der Waals surface area contributed by atoms with Crippen LogP contribution < -0.4 is 10.1 Å². The number of halogens is 6. The third-order valence-electron chi connectivity index (χ3n) is 3.95. The highest BCUT2D eigenvalue weighted by Gasteiger charge is 2.34. The largest absolute Gasteiger partial charge is 0.435 e. The first kappa shape index (κ1) is 21.5. The van der Waals surface area contributed by atoms with Crippen LogP contribution in [0.25, 0.3) is 5.69 Å². The monoisotopic (exact) mass is 446 g/mol. The van der Waals surface area contributed by atoms with Crippen molar-refractivity contribution in [1.82, 2.24) is 15.0 Å². The lowest BCUT2D eigenvalue weighted by Crippen LogP contribution is -2.18.